The van der Waals surface area contributed by atoms with Gasteiger partial charge in [-0.15, -0.1) is 0 Å². The zero-order valence-electron chi connectivity index (χ0n) is 12.3. The number of hydrogen-bond acceptors (Lipinski definition) is 2. The Hall–Kier alpha value is -2.44. The van der Waals surface area contributed by atoms with E-state index in [2.05, 4.69) is 73.7 Å². The molecule has 0 N–H and O–H groups in total. The molecule has 0 aliphatic rings. The lowest BCUT2D eigenvalue weighted by atomic mass is 9.97. The summed E-state index contributed by atoms with van der Waals surface area (Å²) in [6.45, 7) is 2.20. The Morgan fingerprint density at radius 1 is 0.857 bits per heavy atom. The second-order valence-corrected chi connectivity index (χ2v) is 4.68. The molecular weight excluding hydrogens is 260 g/mol. The summed E-state index contributed by atoms with van der Waals surface area (Å²) < 4.78 is 0. The minimum atomic E-state index is 0.250. The van der Waals surface area contributed by atoms with Crippen molar-refractivity contribution in [2.45, 2.75) is 26.2 Å². The fourth-order valence-corrected chi connectivity index (χ4v) is 2.21. The van der Waals surface area contributed by atoms with E-state index in [0.717, 1.165) is 19.3 Å². The summed E-state index contributed by atoms with van der Waals surface area (Å²) in [5, 5.41) is 0. The Balaban J connectivity index is 0.000000677. The fraction of sp³-hybridized carbons (Fsp3) is 0.211. The van der Waals surface area contributed by atoms with Crippen LogP contribution in [-0.2, 0) is 22.4 Å². The third kappa shape index (κ3) is 7.05. The van der Waals surface area contributed by atoms with E-state index in [-0.39, 0.29) is 6.15 Å². The topological polar surface area (TPSA) is 34.1 Å². The maximum absolute atomic E-state index is 8.12. The highest BCUT2D eigenvalue weighted by atomic mass is 16.2. The highest BCUT2D eigenvalue weighted by Gasteiger charge is 2.01. The van der Waals surface area contributed by atoms with E-state index < -0.39 is 0 Å². The van der Waals surface area contributed by atoms with Gasteiger partial charge in [-0.05, 0) is 30.4 Å². The maximum Gasteiger partial charge on any atom is 0.373 e. The van der Waals surface area contributed by atoms with Crippen LogP contribution in [0.5, 0.6) is 0 Å². The predicted molar refractivity (Wildman–Crippen MR) is 83.7 cm³/mol. The van der Waals surface area contributed by atoms with Crippen molar-refractivity contribution in [3.63, 3.8) is 0 Å². The molecule has 0 spiro atoms. The summed E-state index contributed by atoms with van der Waals surface area (Å²) in [6, 6.07) is 21.4. The Kier molecular flexibility index (Phi) is 8.20. The van der Waals surface area contributed by atoms with Gasteiger partial charge in [0.15, 0.2) is 0 Å². The maximum atomic E-state index is 8.12. The number of allylic oxidation sites excluding steroid dienone is 2. The van der Waals surface area contributed by atoms with Crippen LogP contribution in [0.1, 0.15) is 24.5 Å². The van der Waals surface area contributed by atoms with E-state index in [1.165, 1.54) is 16.7 Å². The van der Waals surface area contributed by atoms with Gasteiger partial charge < -0.3 is 0 Å². The van der Waals surface area contributed by atoms with Crippen LogP contribution in [0, 0.1) is 0 Å². The first-order valence-electron chi connectivity index (χ1n) is 7.05. The zero-order chi connectivity index (χ0) is 15.3. The van der Waals surface area contributed by atoms with Crippen molar-refractivity contribution in [2.24, 2.45) is 0 Å². The van der Waals surface area contributed by atoms with E-state index >= 15 is 0 Å². The summed E-state index contributed by atoms with van der Waals surface area (Å²) in [5.41, 5.74) is 4.30. The largest absolute Gasteiger partial charge is 0.373 e. The van der Waals surface area contributed by atoms with Crippen LogP contribution in [-0.4, -0.2) is 6.15 Å². The van der Waals surface area contributed by atoms with Gasteiger partial charge in [0.1, 0.15) is 0 Å². The average molecular weight is 280 g/mol. The SMILES string of the molecule is CCC=C(Cc1ccccc1)Cc1ccccc1.O=C=O. The van der Waals surface area contributed by atoms with Crippen LogP contribution < -0.4 is 0 Å². The standard InChI is InChI=1S/C18H20.CO2/c1-2-9-18(14-16-10-5-3-6-11-16)15-17-12-7-4-8-13-17;2-1-3/h3-13H,2,14-15H2,1H3;. The van der Waals surface area contributed by atoms with Gasteiger partial charge in [0, 0.05) is 0 Å². The summed E-state index contributed by atoms with van der Waals surface area (Å²) in [4.78, 5) is 16.2. The molecule has 108 valence electrons. The van der Waals surface area contributed by atoms with Crippen molar-refractivity contribution >= 4 is 6.15 Å². The van der Waals surface area contributed by atoms with Crippen molar-refractivity contribution in [1.29, 1.82) is 0 Å². The van der Waals surface area contributed by atoms with Crippen LogP contribution in [0.25, 0.3) is 0 Å². The Morgan fingerprint density at radius 2 is 1.24 bits per heavy atom. The van der Waals surface area contributed by atoms with Crippen molar-refractivity contribution < 1.29 is 9.59 Å². The van der Waals surface area contributed by atoms with E-state index in [9.17, 15) is 0 Å². The van der Waals surface area contributed by atoms with E-state index in [0.29, 0.717) is 0 Å². The molecule has 0 bridgehead atoms. The summed E-state index contributed by atoms with van der Waals surface area (Å²) in [5.74, 6) is 0. The molecule has 0 atom stereocenters. The van der Waals surface area contributed by atoms with Crippen LogP contribution in [0.4, 0.5) is 0 Å². The van der Waals surface area contributed by atoms with Crippen molar-refractivity contribution in [1.82, 2.24) is 0 Å². The molecule has 0 radical (unpaired) electrons. The molecule has 0 saturated heterocycles. The van der Waals surface area contributed by atoms with E-state index in [1.807, 2.05) is 0 Å². The summed E-state index contributed by atoms with van der Waals surface area (Å²) >= 11 is 0. The minimum absolute atomic E-state index is 0.250. The summed E-state index contributed by atoms with van der Waals surface area (Å²) in [6.07, 6.45) is 5.84. The highest BCUT2D eigenvalue weighted by molar-refractivity contribution is 5.27. The van der Waals surface area contributed by atoms with Gasteiger partial charge in [-0.2, -0.15) is 9.59 Å². The predicted octanol–water partition coefficient (Wildman–Crippen LogP) is 4.22. The second kappa shape index (κ2) is 10.4. The first-order valence-corrected chi connectivity index (χ1v) is 7.05. The van der Waals surface area contributed by atoms with Crippen LogP contribution in [0.2, 0.25) is 0 Å². The molecule has 2 heteroatoms. The monoisotopic (exact) mass is 280 g/mol. The van der Waals surface area contributed by atoms with Gasteiger partial charge in [0.05, 0.1) is 0 Å². The number of hydrogen-bond donors (Lipinski definition) is 0. The molecule has 2 aromatic carbocycles. The molecule has 21 heavy (non-hydrogen) atoms. The lowest BCUT2D eigenvalue weighted by Gasteiger charge is -2.08. The number of rotatable bonds is 5. The molecular formula is C19H20O2. The van der Waals surface area contributed by atoms with E-state index in [1.54, 1.807) is 0 Å². The Morgan fingerprint density at radius 3 is 1.57 bits per heavy atom. The van der Waals surface area contributed by atoms with Crippen LogP contribution >= 0.6 is 0 Å². The van der Waals surface area contributed by atoms with Crippen LogP contribution in [0.15, 0.2) is 72.3 Å². The molecule has 2 rings (SSSR count). The Labute approximate surface area is 126 Å². The van der Waals surface area contributed by atoms with Crippen molar-refractivity contribution in [2.75, 3.05) is 0 Å². The normalized spacial score (nSPS) is 9.00. The van der Waals surface area contributed by atoms with Gasteiger partial charge >= 0.3 is 6.15 Å². The molecule has 0 amide bonds. The fourth-order valence-electron chi connectivity index (χ4n) is 2.21. The van der Waals surface area contributed by atoms with Crippen LogP contribution in [0.3, 0.4) is 0 Å². The second-order valence-electron chi connectivity index (χ2n) is 4.68. The van der Waals surface area contributed by atoms with E-state index in [4.69, 9.17) is 9.59 Å². The molecule has 0 saturated carbocycles. The number of benzene rings is 2. The van der Waals surface area contributed by atoms with Gasteiger partial charge in [-0.25, -0.2) is 0 Å². The molecule has 0 aliphatic heterocycles. The molecule has 0 aliphatic carbocycles. The quantitative estimate of drug-likeness (QED) is 0.768. The number of carbonyl (C=O) groups excluding carboxylic acids is 2. The smallest absolute Gasteiger partial charge is 0.186 e. The molecule has 2 aromatic rings. The van der Waals surface area contributed by atoms with Crippen molar-refractivity contribution in [3.8, 4) is 0 Å². The lowest BCUT2D eigenvalue weighted by molar-refractivity contribution is -0.191. The first kappa shape index (κ1) is 16.6. The minimum Gasteiger partial charge on any atom is -0.186 e. The lowest BCUT2D eigenvalue weighted by Crippen LogP contribution is -1.95. The molecule has 0 fully saturated rings. The third-order valence-corrected chi connectivity index (χ3v) is 3.04. The first-order chi connectivity index (χ1) is 10.3. The third-order valence-electron chi connectivity index (χ3n) is 3.04. The van der Waals surface area contributed by atoms with Gasteiger partial charge in [0.25, 0.3) is 0 Å². The molecule has 0 unspecified atom stereocenters. The van der Waals surface area contributed by atoms with Gasteiger partial charge in [0.2, 0.25) is 0 Å². The zero-order valence-corrected chi connectivity index (χ0v) is 12.3. The van der Waals surface area contributed by atoms with Gasteiger partial charge in [-0.1, -0.05) is 79.2 Å². The van der Waals surface area contributed by atoms with Crippen molar-refractivity contribution in [3.05, 3.63) is 83.4 Å². The molecule has 0 aromatic heterocycles. The van der Waals surface area contributed by atoms with Gasteiger partial charge in [-0.3, -0.25) is 0 Å². The molecule has 0 heterocycles. The highest BCUT2D eigenvalue weighted by Crippen LogP contribution is 2.14. The molecule has 2 nitrogen and oxygen atoms in total. The average Bonchev–Trinajstić information content (AvgIpc) is 2.50. The summed E-state index contributed by atoms with van der Waals surface area (Å²) in [7, 11) is 0. The Bertz CT molecular complexity index is 522.